The van der Waals surface area contributed by atoms with Gasteiger partial charge in [0.1, 0.15) is 18.1 Å². The van der Waals surface area contributed by atoms with Crippen molar-refractivity contribution in [2.45, 2.75) is 32.4 Å². The fourth-order valence-corrected chi connectivity index (χ4v) is 3.58. The molecule has 1 saturated heterocycles. The van der Waals surface area contributed by atoms with E-state index in [0.717, 1.165) is 29.7 Å². The van der Waals surface area contributed by atoms with E-state index in [0.29, 0.717) is 23.7 Å². The molecule has 3 heterocycles. The van der Waals surface area contributed by atoms with Crippen molar-refractivity contribution in [1.82, 2.24) is 15.0 Å². The van der Waals surface area contributed by atoms with E-state index in [1.807, 2.05) is 37.3 Å². The third-order valence-corrected chi connectivity index (χ3v) is 5.23. The number of benzene rings is 1. The molecule has 150 valence electrons. The van der Waals surface area contributed by atoms with Gasteiger partial charge in [-0.3, -0.25) is 4.79 Å². The molecule has 1 fully saturated rings. The Morgan fingerprint density at radius 2 is 2.10 bits per heavy atom. The van der Waals surface area contributed by atoms with Gasteiger partial charge in [-0.15, -0.1) is 0 Å². The Balaban J connectivity index is 1.44. The van der Waals surface area contributed by atoms with Crippen LogP contribution in [0.5, 0.6) is 5.88 Å². The van der Waals surface area contributed by atoms with Gasteiger partial charge in [0.15, 0.2) is 0 Å². The zero-order valence-corrected chi connectivity index (χ0v) is 16.2. The Kier molecular flexibility index (Phi) is 5.57. The Morgan fingerprint density at radius 3 is 2.83 bits per heavy atom. The number of rotatable bonds is 6. The molecule has 0 saturated carbocycles. The number of carbonyl (C=O) groups excluding carboxylic acids is 1. The molecule has 7 heteroatoms. The van der Waals surface area contributed by atoms with Crippen molar-refractivity contribution in [3.63, 3.8) is 0 Å². The number of aromatic nitrogens is 2. The summed E-state index contributed by atoms with van der Waals surface area (Å²) in [6.07, 6.45) is 3.26. The highest BCUT2D eigenvalue weighted by molar-refractivity contribution is 5.94. The van der Waals surface area contributed by atoms with Crippen LogP contribution in [0.25, 0.3) is 11.3 Å². The molecule has 1 N–H and O–H groups in total. The molecule has 1 amide bonds. The number of nitrogens with zero attached hydrogens (tertiary/aromatic N) is 3. The molecule has 1 atom stereocenters. The van der Waals surface area contributed by atoms with Crippen LogP contribution in [-0.4, -0.2) is 45.2 Å². The van der Waals surface area contributed by atoms with Gasteiger partial charge in [0.25, 0.3) is 5.91 Å². The number of aliphatic hydroxyl groups is 1. The molecule has 1 aliphatic heterocycles. The number of carbonyl (C=O) groups is 1. The van der Waals surface area contributed by atoms with Gasteiger partial charge in [-0.1, -0.05) is 35.5 Å². The van der Waals surface area contributed by atoms with Gasteiger partial charge in [-0.05, 0) is 25.8 Å². The van der Waals surface area contributed by atoms with E-state index < -0.39 is 0 Å². The highest BCUT2D eigenvalue weighted by Gasteiger charge is 2.28. The first kappa shape index (κ1) is 19.1. The van der Waals surface area contributed by atoms with E-state index in [2.05, 4.69) is 10.1 Å². The fraction of sp³-hybridized carbons (Fsp3) is 0.318. The summed E-state index contributed by atoms with van der Waals surface area (Å²) in [6.45, 7) is 2.76. The fourth-order valence-electron chi connectivity index (χ4n) is 3.58. The van der Waals surface area contributed by atoms with Gasteiger partial charge in [0.05, 0.1) is 23.8 Å². The van der Waals surface area contributed by atoms with Gasteiger partial charge in [-0.25, -0.2) is 4.98 Å². The third kappa shape index (κ3) is 4.00. The van der Waals surface area contributed by atoms with Crippen LogP contribution in [0, 0.1) is 6.92 Å². The second-order valence-electron chi connectivity index (χ2n) is 7.08. The van der Waals surface area contributed by atoms with Crippen LogP contribution < -0.4 is 4.74 Å². The summed E-state index contributed by atoms with van der Waals surface area (Å²) >= 11 is 0. The second-order valence-corrected chi connectivity index (χ2v) is 7.08. The maximum absolute atomic E-state index is 12.6. The van der Waals surface area contributed by atoms with E-state index in [9.17, 15) is 9.90 Å². The molecule has 0 spiro atoms. The van der Waals surface area contributed by atoms with E-state index >= 15 is 0 Å². The number of hydrogen-bond acceptors (Lipinski definition) is 6. The lowest BCUT2D eigenvalue weighted by Crippen LogP contribution is -2.37. The van der Waals surface area contributed by atoms with Crippen LogP contribution in [-0.2, 0) is 6.61 Å². The Bertz CT molecular complexity index is 969. The number of aryl methyl sites for hydroxylation is 1. The van der Waals surface area contributed by atoms with Crippen molar-refractivity contribution >= 4 is 5.91 Å². The second kappa shape index (κ2) is 8.45. The first-order valence-electron chi connectivity index (χ1n) is 9.68. The average Bonchev–Trinajstić information content (AvgIpc) is 3.39. The molecule has 0 radical (unpaired) electrons. The van der Waals surface area contributed by atoms with Crippen molar-refractivity contribution in [1.29, 1.82) is 0 Å². The smallest absolute Gasteiger partial charge is 0.255 e. The lowest BCUT2D eigenvalue weighted by atomic mass is 10.1. The molecule has 3 aromatic rings. The minimum absolute atomic E-state index is 0.0117. The number of ether oxygens (including phenoxy) is 1. The van der Waals surface area contributed by atoms with Crippen LogP contribution in [0.15, 0.2) is 53.2 Å². The number of likely N-dealkylation sites (tertiary alicyclic amines) is 1. The summed E-state index contributed by atoms with van der Waals surface area (Å²) in [6, 6.07) is 13.1. The predicted octanol–water partition coefficient (Wildman–Crippen LogP) is 3.22. The largest absolute Gasteiger partial charge is 0.473 e. The molecular weight excluding hydrogens is 370 g/mol. The molecule has 1 aliphatic rings. The normalized spacial score (nSPS) is 16.2. The van der Waals surface area contributed by atoms with Crippen LogP contribution in [0.2, 0.25) is 0 Å². The van der Waals surface area contributed by atoms with Crippen molar-refractivity contribution in [2.75, 3.05) is 13.2 Å². The van der Waals surface area contributed by atoms with E-state index in [1.165, 1.54) is 6.20 Å². The lowest BCUT2D eigenvalue weighted by Gasteiger charge is -2.22. The van der Waals surface area contributed by atoms with E-state index in [1.54, 1.807) is 17.0 Å². The molecule has 4 rings (SSSR count). The highest BCUT2D eigenvalue weighted by Crippen LogP contribution is 2.26. The van der Waals surface area contributed by atoms with Crippen LogP contribution >= 0.6 is 0 Å². The monoisotopic (exact) mass is 393 g/mol. The van der Waals surface area contributed by atoms with Gasteiger partial charge in [0, 0.05) is 24.4 Å². The van der Waals surface area contributed by atoms with Gasteiger partial charge >= 0.3 is 0 Å². The highest BCUT2D eigenvalue weighted by atomic mass is 16.5. The van der Waals surface area contributed by atoms with Crippen molar-refractivity contribution < 1.29 is 19.2 Å². The van der Waals surface area contributed by atoms with E-state index in [-0.39, 0.29) is 25.2 Å². The summed E-state index contributed by atoms with van der Waals surface area (Å²) in [5, 5.41) is 13.6. The standard InChI is InChI=1S/C22H23N3O4/c1-15-19(21(24-29-15)16-6-3-2-4-7-16)14-28-20-10-9-17(12-23-20)22(27)25-11-5-8-18(25)13-26/h2-4,6-7,9-10,12,18,26H,5,8,11,13-14H2,1H3. The summed E-state index contributed by atoms with van der Waals surface area (Å²) in [5.74, 6) is 1.00. The van der Waals surface area contributed by atoms with Crippen molar-refractivity contribution in [3.05, 3.63) is 65.5 Å². The maximum atomic E-state index is 12.6. The Labute approximate surface area is 168 Å². The summed E-state index contributed by atoms with van der Waals surface area (Å²) in [7, 11) is 0. The zero-order valence-electron chi connectivity index (χ0n) is 16.2. The average molecular weight is 393 g/mol. The SMILES string of the molecule is Cc1onc(-c2ccccc2)c1COc1ccc(C(=O)N2CCCC2CO)cn1. The first-order valence-corrected chi connectivity index (χ1v) is 9.68. The van der Waals surface area contributed by atoms with Gasteiger partial charge in [0.2, 0.25) is 5.88 Å². The van der Waals surface area contributed by atoms with Crippen LogP contribution in [0.4, 0.5) is 0 Å². The summed E-state index contributed by atoms with van der Waals surface area (Å²) < 4.78 is 11.2. The molecule has 1 unspecified atom stereocenters. The quantitative estimate of drug-likeness (QED) is 0.692. The topological polar surface area (TPSA) is 88.7 Å². The Morgan fingerprint density at radius 1 is 1.28 bits per heavy atom. The van der Waals surface area contributed by atoms with Crippen molar-refractivity contribution in [3.8, 4) is 17.1 Å². The number of aliphatic hydroxyl groups excluding tert-OH is 1. The third-order valence-electron chi connectivity index (χ3n) is 5.23. The number of amides is 1. The minimum Gasteiger partial charge on any atom is -0.473 e. The molecule has 0 bridgehead atoms. The molecule has 29 heavy (non-hydrogen) atoms. The number of pyridine rings is 1. The summed E-state index contributed by atoms with van der Waals surface area (Å²) in [4.78, 5) is 18.6. The van der Waals surface area contributed by atoms with Crippen LogP contribution in [0.3, 0.4) is 0 Å². The van der Waals surface area contributed by atoms with Crippen molar-refractivity contribution in [2.24, 2.45) is 0 Å². The Hall–Kier alpha value is -3.19. The number of hydrogen-bond donors (Lipinski definition) is 1. The summed E-state index contributed by atoms with van der Waals surface area (Å²) in [5.41, 5.74) is 3.06. The zero-order chi connectivity index (χ0) is 20.2. The van der Waals surface area contributed by atoms with Crippen LogP contribution in [0.1, 0.15) is 34.5 Å². The molecule has 0 aliphatic carbocycles. The van der Waals surface area contributed by atoms with Gasteiger partial charge in [-0.2, -0.15) is 0 Å². The molecular formula is C22H23N3O4. The predicted molar refractivity (Wildman–Crippen MR) is 106 cm³/mol. The van der Waals surface area contributed by atoms with Gasteiger partial charge < -0.3 is 19.3 Å². The molecule has 2 aromatic heterocycles. The first-order chi connectivity index (χ1) is 14.2. The molecule has 1 aromatic carbocycles. The lowest BCUT2D eigenvalue weighted by molar-refractivity contribution is 0.0677. The molecule has 7 nitrogen and oxygen atoms in total. The minimum atomic E-state index is -0.109. The maximum Gasteiger partial charge on any atom is 0.255 e. The van der Waals surface area contributed by atoms with E-state index in [4.69, 9.17) is 9.26 Å².